The van der Waals surface area contributed by atoms with Crippen molar-refractivity contribution in [3.63, 3.8) is 0 Å². The molecule has 9 heteroatoms. The number of thiophene rings is 1. The summed E-state index contributed by atoms with van der Waals surface area (Å²) in [5.74, 6) is 1.16. The molecule has 2 aromatic carbocycles. The Kier molecular flexibility index (Phi) is 10.6. The molecule has 3 rings (SSSR count). The SMILES string of the molecule is CCC(C)N(CC(=O)N(CCc1ccc(OC)c(OC)c1)Cc1cccs1)C(=O)Nc1ccc(C#N)cc1. The van der Waals surface area contributed by atoms with Crippen LogP contribution in [0.4, 0.5) is 10.5 Å². The van der Waals surface area contributed by atoms with Gasteiger partial charge in [-0.15, -0.1) is 11.3 Å². The third kappa shape index (κ3) is 7.73. The van der Waals surface area contributed by atoms with Crippen LogP contribution in [-0.2, 0) is 17.8 Å². The number of anilines is 1. The van der Waals surface area contributed by atoms with Crippen molar-refractivity contribution in [1.29, 1.82) is 5.26 Å². The highest BCUT2D eigenvalue weighted by molar-refractivity contribution is 7.09. The number of urea groups is 1. The quantitative estimate of drug-likeness (QED) is 0.329. The number of carbonyl (C=O) groups excluding carboxylic acids is 2. The first-order valence-corrected chi connectivity index (χ1v) is 13.3. The van der Waals surface area contributed by atoms with Crippen LogP contribution >= 0.6 is 11.3 Å². The number of ether oxygens (including phenoxy) is 2. The summed E-state index contributed by atoms with van der Waals surface area (Å²) in [6.07, 6.45) is 1.32. The predicted octanol–water partition coefficient (Wildman–Crippen LogP) is 5.54. The number of benzene rings is 2. The molecule has 1 heterocycles. The smallest absolute Gasteiger partial charge is 0.322 e. The van der Waals surface area contributed by atoms with E-state index < -0.39 is 0 Å². The van der Waals surface area contributed by atoms with Gasteiger partial charge in [-0.2, -0.15) is 5.26 Å². The van der Waals surface area contributed by atoms with Crippen LogP contribution in [0.2, 0.25) is 0 Å². The van der Waals surface area contributed by atoms with E-state index in [1.165, 1.54) is 0 Å². The molecular formula is C29H34N4O4S. The van der Waals surface area contributed by atoms with Gasteiger partial charge in [0.2, 0.25) is 5.91 Å². The second kappa shape index (κ2) is 14.1. The lowest BCUT2D eigenvalue weighted by Crippen LogP contribution is -2.48. The normalized spacial score (nSPS) is 11.2. The third-order valence-electron chi connectivity index (χ3n) is 6.35. The molecular weight excluding hydrogens is 500 g/mol. The van der Waals surface area contributed by atoms with Gasteiger partial charge < -0.3 is 24.6 Å². The largest absolute Gasteiger partial charge is 0.493 e. The summed E-state index contributed by atoms with van der Waals surface area (Å²) in [5, 5.41) is 13.9. The Balaban J connectivity index is 1.75. The number of hydrogen-bond acceptors (Lipinski definition) is 6. The fourth-order valence-corrected chi connectivity index (χ4v) is 4.62. The summed E-state index contributed by atoms with van der Waals surface area (Å²) in [6, 6.07) is 17.9. The number of hydrogen-bond donors (Lipinski definition) is 1. The minimum atomic E-state index is -0.353. The average molecular weight is 535 g/mol. The maximum atomic E-state index is 13.6. The molecule has 0 bridgehead atoms. The number of nitrogens with one attached hydrogen (secondary N) is 1. The molecule has 0 radical (unpaired) electrons. The summed E-state index contributed by atoms with van der Waals surface area (Å²) in [6.45, 7) is 4.82. The maximum Gasteiger partial charge on any atom is 0.322 e. The highest BCUT2D eigenvalue weighted by Gasteiger charge is 2.25. The number of nitrogens with zero attached hydrogens (tertiary/aromatic N) is 3. The minimum Gasteiger partial charge on any atom is -0.493 e. The van der Waals surface area contributed by atoms with Crippen LogP contribution in [0.3, 0.4) is 0 Å². The molecule has 1 aromatic heterocycles. The van der Waals surface area contributed by atoms with Gasteiger partial charge >= 0.3 is 6.03 Å². The fourth-order valence-electron chi connectivity index (χ4n) is 3.90. The van der Waals surface area contributed by atoms with Crippen LogP contribution < -0.4 is 14.8 Å². The van der Waals surface area contributed by atoms with Crippen LogP contribution in [0.1, 0.15) is 36.3 Å². The molecule has 0 fully saturated rings. The van der Waals surface area contributed by atoms with Crippen molar-refractivity contribution in [3.8, 4) is 17.6 Å². The predicted molar refractivity (Wildman–Crippen MR) is 150 cm³/mol. The average Bonchev–Trinajstić information content (AvgIpc) is 3.46. The molecule has 0 aliphatic carbocycles. The lowest BCUT2D eigenvalue weighted by molar-refractivity contribution is -0.132. The molecule has 0 spiro atoms. The van der Waals surface area contributed by atoms with Gasteiger partial charge in [0, 0.05) is 23.2 Å². The van der Waals surface area contributed by atoms with E-state index in [-0.39, 0.29) is 24.5 Å². The zero-order valence-electron chi connectivity index (χ0n) is 22.3. The molecule has 1 N–H and O–H groups in total. The van der Waals surface area contributed by atoms with E-state index in [0.29, 0.717) is 48.7 Å². The van der Waals surface area contributed by atoms with E-state index in [1.807, 2.05) is 49.6 Å². The minimum absolute atomic E-state index is 0.0472. The van der Waals surface area contributed by atoms with Gasteiger partial charge in [0.15, 0.2) is 11.5 Å². The Morgan fingerprint density at radius 3 is 2.42 bits per heavy atom. The number of nitriles is 1. The van der Waals surface area contributed by atoms with E-state index in [1.54, 1.807) is 59.6 Å². The van der Waals surface area contributed by atoms with Crippen molar-refractivity contribution in [3.05, 3.63) is 76.0 Å². The van der Waals surface area contributed by atoms with Crippen molar-refractivity contribution in [2.75, 3.05) is 32.6 Å². The Hall–Kier alpha value is -4.03. The first-order valence-electron chi connectivity index (χ1n) is 12.5. The second-order valence-electron chi connectivity index (χ2n) is 8.84. The van der Waals surface area contributed by atoms with Crippen molar-refractivity contribution in [2.45, 2.75) is 39.3 Å². The standard InChI is InChI=1S/C29H34N4O4S/c1-5-21(2)33(29(35)31-24-11-8-23(18-30)9-12-24)20-28(34)32(19-25-7-6-16-38-25)15-14-22-10-13-26(36-3)27(17-22)37-4/h6-13,16-17,21H,5,14-15,19-20H2,1-4H3,(H,31,35). The molecule has 0 aliphatic rings. The number of amides is 3. The highest BCUT2D eigenvalue weighted by Crippen LogP contribution is 2.28. The van der Waals surface area contributed by atoms with Gasteiger partial charge in [0.25, 0.3) is 0 Å². The maximum absolute atomic E-state index is 13.6. The zero-order chi connectivity index (χ0) is 27.5. The lowest BCUT2D eigenvalue weighted by Gasteiger charge is -2.31. The molecule has 3 aromatic rings. The zero-order valence-corrected chi connectivity index (χ0v) is 23.1. The Labute approximate surface area is 228 Å². The molecule has 1 unspecified atom stereocenters. The van der Waals surface area contributed by atoms with Gasteiger partial charge in [-0.05, 0) is 73.2 Å². The Morgan fingerprint density at radius 2 is 1.82 bits per heavy atom. The topological polar surface area (TPSA) is 94.9 Å². The van der Waals surface area contributed by atoms with Crippen LogP contribution in [0.5, 0.6) is 11.5 Å². The van der Waals surface area contributed by atoms with Gasteiger partial charge in [0.05, 0.1) is 32.4 Å². The van der Waals surface area contributed by atoms with Crippen molar-refractivity contribution >= 4 is 29.0 Å². The van der Waals surface area contributed by atoms with Gasteiger partial charge in [-0.25, -0.2) is 4.79 Å². The molecule has 1 atom stereocenters. The summed E-state index contributed by atoms with van der Waals surface area (Å²) >= 11 is 1.60. The van der Waals surface area contributed by atoms with E-state index in [2.05, 4.69) is 11.4 Å². The second-order valence-corrected chi connectivity index (χ2v) is 9.87. The Bertz CT molecular complexity index is 1240. The molecule has 200 valence electrons. The first-order chi connectivity index (χ1) is 18.4. The van der Waals surface area contributed by atoms with E-state index in [0.717, 1.165) is 10.4 Å². The summed E-state index contributed by atoms with van der Waals surface area (Å²) in [5.41, 5.74) is 2.10. The summed E-state index contributed by atoms with van der Waals surface area (Å²) < 4.78 is 10.8. The van der Waals surface area contributed by atoms with Crippen molar-refractivity contribution in [2.24, 2.45) is 0 Å². The fraction of sp³-hybridized carbons (Fsp3) is 0.345. The number of methoxy groups -OCH3 is 2. The van der Waals surface area contributed by atoms with Crippen LogP contribution in [-0.4, -0.2) is 55.1 Å². The summed E-state index contributed by atoms with van der Waals surface area (Å²) in [7, 11) is 3.19. The van der Waals surface area contributed by atoms with Crippen LogP contribution in [0.25, 0.3) is 0 Å². The third-order valence-corrected chi connectivity index (χ3v) is 7.21. The molecule has 8 nitrogen and oxygen atoms in total. The number of rotatable bonds is 12. The van der Waals surface area contributed by atoms with Gasteiger partial charge in [-0.3, -0.25) is 4.79 Å². The van der Waals surface area contributed by atoms with Gasteiger partial charge in [-0.1, -0.05) is 19.1 Å². The molecule has 0 saturated carbocycles. The van der Waals surface area contributed by atoms with E-state index in [4.69, 9.17) is 14.7 Å². The van der Waals surface area contributed by atoms with Crippen LogP contribution in [0.15, 0.2) is 60.0 Å². The van der Waals surface area contributed by atoms with E-state index in [9.17, 15) is 9.59 Å². The Morgan fingerprint density at radius 1 is 1.08 bits per heavy atom. The molecule has 0 saturated heterocycles. The number of carbonyl (C=O) groups is 2. The van der Waals surface area contributed by atoms with Crippen LogP contribution in [0, 0.1) is 11.3 Å². The molecule has 3 amide bonds. The highest BCUT2D eigenvalue weighted by atomic mass is 32.1. The summed E-state index contributed by atoms with van der Waals surface area (Å²) in [4.78, 5) is 31.3. The molecule has 38 heavy (non-hydrogen) atoms. The monoisotopic (exact) mass is 534 g/mol. The van der Waals surface area contributed by atoms with E-state index >= 15 is 0 Å². The molecule has 0 aliphatic heterocycles. The van der Waals surface area contributed by atoms with Gasteiger partial charge in [0.1, 0.15) is 6.54 Å². The first kappa shape index (κ1) is 28.5. The van der Waals surface area contributed by atoms with Crippen molar-refractivity contribution in [1.82, 2.24) is 9.80 Å². The lowest BCUT2D eigenvalue weighted by atomic mass is 10.1. The van der Waals surface area contributed by atoms with Crippen molar-refractivity contribution < 1.29 is 19.1 Å².